The molecule has 10 nitrogen and oxygen atoms in total. The summed E-state index contributed by atoms with van der Waals surface area (Å²) in [5.74, 6) is -0.860. The first kappa shape index (κ1) is 27.3. The highest BCUT2D eigenvalue weighted by Crippen LogP contribution is 2.30. The van der Waals surface area contributed by atoms with Crippen molar-refractivity contribution in [1.29, 1.82) is 0 Å². The molecule has 10 heteroatoms. The maximum atomic E-state index is 13.6. The van der Waals surface area contributed by atoms with Crippen molar-refractivity contribution in [2.45, 2.75) is 39.3 Å². The second-order valence-electron chi connectivity index (χ2n) is 10.2. The van der Waals surface area contributed by atoms with Crippen molar-refractivity contribution in [2.75, 3.05) is 7.11 Å². The fraction of sp³-hybridized carbons (Fsp3) is 0.276. The molecule has 1 amide bonds. The van der Waals surface area contributed by atoms with Crippen LogP contribution >= 0.6 is 0 Å². The lowest BCUT2D eigenvalue weighted by Crippen LogP contribution is -2.40. The summed E-state index contributed by atoms with van der Waals surface area (Å²) in [6.45, 7) is 5.75. The smallest absolute Gasteiger partial charge is 0.335 e. The standard InChI is InChI=1S/C29H30N4O6/c1-29(2,3)24-18(7-6-8-20(24)27(36)37)16-33-26(35)21-13-22(30-15-23(21)32(4)28(33)38)25(34)31-14-17-9-11-19(39-5)12-10-17/h6-13,15H,14,16H2,1-5H3,(H,31,34)(H,36,37). The van der Waals surface area contributed by atoms with Gasteiger partial charge in [0.25, 0.3) is 11.5 Å². The molecule has 0 aliphatic heterocycles. The number of hydrogen-bond donors (Lipinski definition) is 2. The van der Waals surface area contributed by atoms with Gasteiger partial charge in [0.05, 0.1) is 36.3 Å². The number of carboxylic acids is 1. The van der Waals surface area contributed by atoms with E-state index in [-0.39, 0.29) is 35.2 Å². The number of fused-ring (bicyclic) bond motifs is 1. The van der Waals surface area contributed by atoms with Crippen LogP contribution in [0.3, 0.4) is 0 Å². The Balaban J connectivity index is 1.73. The fourth-order valence-corrected chi connectivity index (χ4v) is 4.65. The minimum Gasteiger partial charge on any atom is -0.497 e. The van der Waals surface area contributed by atoms with Crippen molar-refractivity contribution in [3.8, 4) is 5.75 Å². The Kier molecular flexibility index (Phi) is 7.40. The van der Waals surface area contributed by atoms with E-state index < -0.39 is 28.5 Å². The predicted molar refractivity (Wildman–Crippen MR) is 147 cm³/mol. The van der Waals surface area contributed by atoms with Crippen molar-refractivity contribution in [1.82, 2.24) is 19.4 Å². The van der Waals surface area contributed by atoms with E-state index in [1.165, 1.54) is 29.9 Å². The van der Waals surface area contributed by atoms with Gasteiger partial charge in [-0.2, -0.15) is 0 Å². The van der Waals surface area contributed by atoms with Gasteiger partial charge < -0.3 is 15.2 Å². The highest BCUT2D eigenvalue weighted by Gasteiger charge is 2.26. The molecule has 4 aromatic rings. The van der Waals surface area contributed by atoms with Crippen molar-refractivity contribution in [2.24, 2.45) is 7.05 Å². The number of hydrogen-bond acceptors (Lipinski definition) is 6. The third-order valence-corrected chi connectivity index (χ3v) is 6.54. The van der Waals surface area contributed by atoms with Gasteiger partial charge in [-0.3, -0.25) is 18.7 Å². The van der Waals surface area contributed by atoms with Gasteiger partial charge in [0.15, 0.2) is 0 Å². The number of rotatable bonds is 7. The third kappa shape index (κ3) is 5.45. The zero-order valence-electron chi connectivity index (χ0n) is 22.4. The molecule has 0 bridgehead atoms. The van der Waals surface area contributed by atoms with Gasteiger partial charge in [-0.1, -0.05) is 45.0 Å². The number of benzene rings is 2. The Morgan fingerprint density at radius 3 is 2.38 bits per heavy atom. The van der Waals surface area contributed by atoms with Crippen molar-refractivity contribution >= 4 is 22.8 Å². The van der Waals surface area contributed by atoms with Gasteiger partial charge in [-0.25, -0.2) is 14.6 Å². The molecule has 2 aromatic carbocycles. The molecule has 0 spiro atoms. The number of carbonyl (C=O) groups excluding carboxylic acids is 1. The largest absolute Gasteiger partial charge is 0.497 e. The van der Waals surface area contributed by atoms with Crippen LogP contribution in [0.15, 0.2) is 64.3 Å². The number of aromatic carboxylic acids is 1. The van der Waals surface area contributed by atoms with Crippen LogP contribution in [0.4, 0.5) is 0 Å². The lowest BCUT2D eigenvalue weighted by molar-refractivity contribution is 0.0693. The average molecular weight is 531 g/mol. The van der Waals surface area contributed by atoms with Crippen LogP contribution in [0, 0.1) is 0 Å². The summed E-state index contributed by atoms with van der Waals surface area (Å²) in [7, 11) is 3.09. The number of carbonyl (C=O) groups is 2. The zero-order chi connectivity index (χ0) is 28.5. The molecule has 202 valence electrons. The molecule has 39 heavy (non-hydrogen) atoms. The van der Waals surface area contributed by atoms with E-state index in [2.05, 4.69) is 10.3 Å². The number of carboxylic acid groups (broad SMARTS) is 1. The molecule has 0 saturated carbocycles. The summed E-state index contributed by atoms with van der Waals surface area (Å²) in [4.78, 5) is 55.7. The summed E-state index contributed by atoms with van der Waals surface area (Å²) >= 11 is 0. The lowest BCUT2D eigenvalue weighted by atomic mass is 9.80. The van der Waals surface area contributed by atoms with Gasteiger partial charge in [0, 0.05) is 13.6 Å². The molecule has 4 rings (SSSR count). The highest BCUT2D eigenvalue weighted by atomic mass is 16.5. The zero-order valence-corrected chi connectivity index (χ0v) is 22.4. The minimum absolute atomic E-state index is 0.0292. The number of pyridine rings is 1. The average Bonchev–Trinajstić information content (AvgIpc) is 2.92. The first-order valence-electron chi connectivity index (χ1n) is 12.3. The molecule has 0 aliphatic rings. The summed E-state index contributed by atoms with van der Waals surface area (Å²) in [5, 5.41) is 12.7. The second-order valence-corrected chi connectivity index (χ2v) is 10.2. The van der Waals surface area contributed by atoms with Gasteiger partial charge in [-0.15, -0.1) is 0 Å². The number of amides is 1. The number of aromatic nitrogens is 3. The van der Waals surface area contributed by atoms with Gasteiger partial charge in [0.1, 0.15) is 11.4 Å². The molecule has 2 heterocycles. The van der Waals surface area contributed by atoms with E-state index in [0.717, 1.165) is 10.1 Å². The number of nitrogens with one attached hydrogen (secondary N) is 1. The molecule has 0 atom stereocenters. The first-order valence-corrected chi connectivity index (χ1v) is 12.3. The monoisotopic (exact) mass is 530 g/mol. The quantitative estimate of drug-likeness (QED) is 0.375. The van der Waals surface area contributed by atoms with Crippen LogP contribution in [0.2, 0.25) is 0 Å². The van der Waals surface area contributed by atoms with Crippen molar-refractivity contribution in [3.05, 3.63) is 104 Å². The van der Waals surface area contributed by atoms with Gasteiger partial charge in [0.2, 0.25) is 0 Å². The Morgan fingerprint density at radius 1 is 1.08 bits per heavy atom. The van der Waals surface area contributed by atoms with Crippen molar-refractivity contribution in [3.63, 3.8) is 0 Å². The van der Waals surface area contributed by atoms with Gasteiger partial charge >= 0.3 is 11.7 Å². The Morgan fingerprint density at radius 2 is 1.77 bits per heavy atom. The topological polar surface area (TPSA) is 133 Å². The van der Waals surface area contributed by atoms with Crippen LogP contribution in [0.25, 0.3) is 10.9 Å². The SMILES string of the molecule is COc1ccc(CNC(=O)c2cc3c(=O)n(Cc4cccc(C(=O)O)c4C(C)(C)C)c(=O)n(C)c3cn2)cc1. The van der Waals surface area contributed by atoms with Crippen LogP contribution in [-0.2, 0) is 25.6 Å². The Labute approximate surface area is 224 Å². The van der Waals surface area contributed by atoms with Crippen molar-refractivity contribution < 1.29 is 19.4 Å². The number of nitrogens with zero attached hydrogens (tertiary/aromatic N) is 3. The summed E-state index contributed by atoms with van der Waals surface area (Å²) < 4.78 is 7.49. The number of aryl methyl sites for hydroxylation is 1. The van der Waals surface area contributed by atoms with Crippen LogP contribution < -0.4 is 21.3 Å². The van der Waals surface area contributed by atoms with Gasteiger partial charge in [-0.05, 0) is 46.4 Å². The normalized spacial score (nSPS) is 11.4. The van der Waals surface area contributed by atoms with E-state index in [1.807, 2.05) is 32.9 Å². The maximum Gasteiger partial charge on any atom is 0.335 e. The second kappa shape index (κ2) is 10.6. The third-order valence-electron chi connectivity index (χ3n) is 6.54. The Bertz CT molecular complexity index is 1690. The molecular weight excluding hydrogens is 500 g/mol. The number of methoxy groups -OCH3 is 1. The van der Waals surface area contributed by atoms with E-state index in [4.69, 9.17) is 4.74 Å². The summed E-state index contributed by atoms with van der Waals surface area (Å²) in [6.07, 6.45) is 1.33. The maximum absolute atomic E-state index is 13.6. The van der Waals surface area contributed by atoms with Crippen LogP contribution in [-0.4, -0.2) is 38.2 Å². The molecule has 0 fully saturated rings. The molecule has 0 unspecified atom stereocenters. The fourth-order valence-electron chi connectivity index (χ4n) is 4.65. The Hall–Kier alpha value is -4.73. The number of ether oxygens (including phenoxy) is 1. The molecule has 2 aromatic heterocycles. The van der Waals surface area contributed by atoms with E-state index in [1.54, 1.807) is 31.4 Å². The molecule has 0 saturated heterocycles. The minimum atomic E-state index is -1.09. The van der Waals surface area contributed by atoms with E-state index in [0.29, 0.717) is 16.9 Å². The molecule has 0 aliphatic carbocycles. The van der Waals surface area contributed by atoms with E-state index >= 15 is 0 Å². The van der Waals surface area contributed by atoms with Crippen LogP contribution in [0.1, 0.15) is 58.3 Å². The summed E-state index contributed by atoms with van der Waals surface area (Å²) in [6, 6.07) is 13.4. The van der Waals surface area contributed by atoms with Crippen LogP contribution in [0.5, 0.6) is 5.75 Å². The lowest BCUT2D eigenvalue weighted by Gasteiger charge is -2.25. The highest BCUT2D eigenvalue weighted by molar-refractivity contribution is 5.95. The predicted octanol–water partition coefficient (Wildman–Crippen LogP) is 3.08. The summed E-state index contributed by atoms with van der Waals surface area (Å²) in [5.41, 5.74) is 0.636. The van der Waals surface area contributed by atoms with E-state index in [9.17, 15) is 24.3 Å². The first-order chi connectivity index (χ1) is 18.4. The molecular formula is C29H30N4O6. The molecule has 0 radical (unpaired) electrons. The molecule has 2 N–H and O–H groups in total.